The van der Waals surface area contributed by atoms with Crippen LogP contribution in [0.4, 0.5) is 0 Å². The molecular weight excluding hydrogens is 376 g/mol. The first-order valence-electron chi connectivity index (χ1n) is 9.63. The highest BCUT2D eigenvalue weighted by molar-refractivity contribution is 5.87. The lowest BCUT2D eigenvalue weighted by molar-refractivity contribution is -0.148. The predicted molar refractivity (Wildman–Crippen MR) is 106 cm³/mol. The fourth-order valence-corrected chi connectivity index (χ4v) is 3.64. The van der Waals surface area contributed by atoms with Crippen LogP contribution >= 0.6 is 0 Å². The summed E-state index contributed by atoms with van der Waals surface area (Å²) < 4.78 is 15.4. The Bertz CT molecular complexity index is 721. The molecule has 1 aliphatic heterocycles. The molecule has 160 valence electrons. The molecule has 29 heavy (non-hydrogen) atoms. The van der Waals surface area contributed by atoms with Gasteiger partial charge in [-0.15, -0.1) is 0 Å². The fourth-order valence-electron chi connectivity index (χ4n) is 3.64. The summed E-state index contributed by atoms with van der Waals surface area (Å²) in [6.45, 7) is 5.74. The maximum Gasteiger partial charge on any atom is 0.328 e. The maximum atomic E-state index is 13.2. The molecule has 1 aromatic rings. The number of hydrogen-bond acceptors (Lipinski definition) is 7. The van der Waals surface area contributed by atoms with E-state index in [0.29, 0.717) is 6.61 Å². The van der Waals surface area contributed by atoms with Gasteiger partial charge in [0.1, 0.15) is 11.8 Å². The number of nitrogens with zero attached hydrogens (tertiary/aromatic N) is 1. The van der Waals surface area contributed by atoms with Crippen molar-refractivity contribution in [3.63, 3.8) is 0 Å². The van der Waals surface area contributed by atoms with Gasteiger partial charge in [0.2, 0.25) is 5.91 Å². The van der Waals surface area contributed by atoms with Crippen molar-refractivity contribution in [3.8, 4) is 0 Å². The van der Waals surface area contributed by atoms with Gasteiger partial charge in [-0.3, -0.25) is 14.5 Å². The van der Waals surface area contributed by atoms with Gasteiger partial charge < -0.3 is 19.5 Å². The van der Waals surface area contributed by atoms with Crippen LogP contribution in [-0.2, 0) is 28.6 Å². The molecule has 0 aromatic heterocycles. The van der Waals surface area contributed by atoms with Crippen LogP contribution in [0, 0.1) is 0 Å². The highest BCUT2D eigenvalue weighted by Gasteiger charge is 2.47. The molecule has 0 aliphatic carbocycles. The Hall–Kier alpha value is -2.45. The van der Waals surface area contributed by atoms with Gasteiger partial charge >= 0.3 is 11.9 Å². The first-order valence-corrected chi connectivity index (χ1v) is 9.63. The van der Waals surface area contributed by atoms with E-state index >= 15 is 0 Å². The van der Waals surface area contributed by atoms with Crippen LogP contribution in [0.2, 0.25) is 0 Å². The first-order chi connectivity index (χ1) is 13.7. The van der Waals surface area contributed by atoms with E-state index in [-0.39, 0.29) is 24.8 Å². The molecule has 0 unspecified atom stereocenters. The summed E-state index contributed by atoms with van der Waals surface area (Å²) in [4.78, 5) is 38.7. The van der Waals surface area contributed by atoms with Crippen molar-refractivity contribution in [1.82, 2.24) is 10.2 Å². The van der Waals surface area contributed by atoms with E-state index in [1.807, 2.05) is 49.1 Å². The molecule has 1 saturated heterocycles. The number of esters is 2. The van der Waals surface area contributed by atoms with Gasteiger partial charge in [-0.25, -0.2) is 4.79 Å². The third-order valence-corrected chi connectivity index (χ3v) is 5.14. The van der Waals surface area contributed by atoms with E-state index in [9.17, 15) is 14.4 Å². The monoisotopic (exact) mass is 406 g/mol. The smallest absolute Gasteiger partial charge is 0.328 e. The Kier molecular flexibility index (Phi) is 7.75. The van der Waals surface area contributed by atoms with Crippen LogP contribution < -0.4 is 5.32 Å². The number of amides is 1. The zero-order chi connectivity index (χ0) is 21.6. The predicted octanol–water partition coefficient (Wildman–Crippen LogP) is 1.80. The zero-order valence-electron chi connectivity index (χ0n) is 17.6. The molecule has 2 rings (SSSR count). The Balaban J connectivity index is 2.34. The second-order valence-electron chi connectivity index (χ2n) is 7.48. The second-order valence-corrected chi connectivity index (χ2v) is 7.48. The van der Waals surface area contributed by atoms with Crippen LogP contribution in [0.25, 0.3) is 0 Å². The molecule has 0 spiro atoms. The van der Waals surface area contributed by atoms with Crippen molar-refractivity contribution in [2.45, 2.75) is 57.5 Å². The lowest BCUT2D eigenvalue weighted by Gasteiger charge is -2.39. The molecule has 0 radical (unpaired) electrons. The van der Waals surface area contributed by atoms with E-state index in [4.69, 9.17) is 14.2 Å². The minimum atomic E-state index is -0.810. The molecule has 8 heteroatoms. The van der Waals surface area contributed by atoms with Crippen molar-refractivity contribution < 1.29 is 28.6 Å². The van der Waals surface area contributed by atoms with Gasteiger partial charge in [-0.05, 0) is 32.8 Å². The number of carbonyl (C=O) groups is 3. The fraction of sp³-hybridized carbons (Fsp3) is 0.571. The van der Waals surface area contributed by atoms with Crippen LogP contribution in [0.3, 0.4) is 0 Å². The lowest BCUT2D eigenvalue weighted by atomic mass is 9.99. The Morgan fingerprint density at radius 3 is 2.45 bits per heavy atom. The van der Waals surface area contributed by atoms with E-state index in [1.165, 1.54) is 14.2 Å². The molecule has 1 amide bonds. The topological polar surface area (TPSA) is 94.2 Å². The van der Waals surface area contributed by atoms with Gasteiger partial charge in [0.25, 0.3) is 0 Å². The Morgan fingerprint density at radius 1 is 1.21 bits per heavy atom. The molecule has 1 N–H and O–H groups in total. The van der Waals surface area contributed by atoms with Gasteiger partial charge in [0.05, 0.1) is 32.9 Å². The van der Waals surface area contributed by atoms with E-state index < -0.39 is 29.7 Å². The minimum Gasteiger partial charge on any atom is -0.469 e. The summed E-state index contributed by atoms with van der Waals surface area (Å²) in [6.07, 6.45) is 0.289. The van der Waals surface area contributed by atoms with E-state index in [1.54, 1.807) is 6.92 Å². The van der Waals surface area contributed by atoms with E-state index in [2.05, 4.69) is 5.32 Å². The van der Waals surface area contributed by atoms with Gasteiger partial charge in [-0.1, -0.05) is 30.3 Å². The number of methoxy groups -OCH3 is 2. The van der Waals surface area contributed by atoms with Gasteiger partial charge in [0, 0.05) is 6.42 Å². The zero-order valence-corrected chi connectivity index (χ0v) is 17.6. The minimum absolute atomic E-state index is 0.0648. The third kappa shape index (κ3) is 5.55. The van der Waals surface area contributed by atoms with Gasteiger partial charge in [0.15, 0.2) is 0 Å². The van der Waals surface area contributed by atoms with Crippen LogP contribution in [0.1, 0.15) is 45.2 Å². The first kappa shape index (κ1) is 22.8. The number of benzene rings is 1. The molecule has 0 saturated carbocycles. The van der Waals surface area contributed by atoms with Crippen LogP contribution in [0.5, 0.6) is 0 Å². The summed E-state index contributed by atoms with van der Waals surface area (Å²) >= 11 is 0. The molecule has 1 aromatic carbocycles. The van der Waals surface area contributed by atoms with Crippen molar-refractivity contribution in [1.29, 1.82) is 0 Å². The largest absolute Gasteiger partial charge is 0.469 e. The molecule has 1 fully saturated rings. The average Bonchev–Trinajstić information content (AvgIpc) is 3.02. The number of nitrogens with one attached hydrogen (secondary N) is 1. The van der Waals surface area contributed by atoms with Crippen LogP contribution in [-0.4, -0.2) is 61.4 Å². The van der Waals surface area contributed by atoms with E-state index in [0.717, 1.165) is 5.56 Å². The molecule has 3 atom stereocenters. The molecular formula is C21H30N2O6. The van der Waals surface area contributed by atoms with Crippen molar-refractivity contribution in [2.24, 2.45) is 0 Å². The van der Waals surface area contributed by atoms with Gasteiger partial charge in [-0.2, -0.15) is 0 Å². The molecule has 1 heterocycles. The highest BCUT2D eigenvalue weighted by Crippen LogP contribution is 2.39. The quantitative estimate of drug-likeness (QED) is 0.658. The SMILES string of the molecule is COC(=O)CC[C@H](C(=O)N[C@@H](C)C(=O)OC)N1[C@H](c2ccccc2)COC1(C)C. The molecule has 8 nitrogen and oxygen atoms in total. The number of ether oxygens (including phenoxy) is 3. The normalized spacial score (nSPS) is 20.5. The third-order valence-electron chi connectivity index (χ3n) is 5.14. The second kappa shape index (κ2) is 9.84. The summed E-state index contributed by atoms with van der Waals surface area (Å²) in [6, 6.07) is 8.06. The Labute approximate surface area is 171 Å². The lowest BCUT2D eigenvalue weighted by Crippen LogP contribution is -2.56. The number of carbonyl (C=O) groups excluding carboxylic acids is 3. The average molecular weight is 406 g/mol. The molecule has 0 bridgehead atoms. The van der Waals surface area contributed by atoms with Crippen LogP contribution in [0.15, 0.2) is 30.3 Å². The summed E-state index contributed by atoms with van der Waals surface area (Å²) in [5, 5.41) is 2.70. The van der Waals surface area contributed by atoms with Crippen molar-refractivity contribution >= 4 is 17.8 Å². The summed E-state index contributed by atoms with van der Waals surface area (Å²) in [5.74, 6) is -1.31. The maximum absolute atomic E-state index is 13.2. The Morgan fingerprint density at radius 2 is 1.86 bits per heavy atom. The highest BCUT2D eigenvalue weighted by atomic mass is 16.5. The summed E-state index contributed by atoms with van der Waals surface area (Å²) in [7, 11) is 2.58. The van der Waals surface area contributed by atoms with Crippen molar-refractivity contribution in [2.75, 3.05) is 20.8 Å². The summed E-state index contributed by atoms with van der Waals surface area (Å²) in [5.41, 5.74) is 0.266. The number of rotatable bonds is 8. The van der Waals surface area contributed by atoms with Crippen molar-refractivity contribution in [3.05, 3.63) is 35.9 Å². The molecule has 1 aliphatic rings. The standard InChI is InChI=1S/C21H30N2O6/c1-14(20(26)28-5)22-19(25)16(11-12-18(24)27-4)23-17(13-29-21(23,2)3)15-9-7-6-8-10-15/h6-10,14,16-17H,11-13H2,1-5H3,(H,22,25)/t14-,16+,17-/m0/s1. The number of hydrogen-bond donors (Lipinski definition) is 1.